The molecule has 3 heterocycles. The number of imidazole rings is 1. The third-order valence-electron chi connectivity index (χ3n) is 8.32. The summed E-state index contributed by atoms with van der Waals surface area (Å²) in [4.78, 5) is 36.2. The zero-order valence-electron chi connectivity index (χ0n) is 25.2. The lowest BCUT2D eigenvalue weighted by Crippen LogP contribution is -2.58. The molecule has 1 unspecified atom stereocenters. The van der Waals surface area contributed by atoms with Crippen LogP contribution in [-0.4, -0.2) is 100 Å². The lowest BCUT2D eigenvalue weighted by Gasteiger charge is -2.40. The van der Waals surface area contributed by atoms with Crippen LogP contribution in [0, 0.1) is 0 Å². The van der Waals surface area contributed by atoms with E-state index in [0.717, 1.165) is 35.6 Å². The fourth-order valence-electron chi connectivity index (χ4n) is 5.84. The molecular weight excluding hydrogens is 574 g/mol. The molecule has 6 rings (SSSR count). The Morgan fingerprint density at radius 3 is 2.40 bits per heavy atom. The monoisotopic (exact) mass is 611 g/mol. The molecular formula is C34H37N5O6. The molecule has 0 aliphatic carbocycles. The molecule has 0 bridgehead atoms. The van der Waals surface area contributed by atoms with Crippen LogP contribution in [0.4, 0.5) is 10.5 Å². The number of ether oxygens (including phenoxy) is 2. The van der Waals surface area contributed by atoms with Gasteiger partial charge in [-0.05, 0) is 42.8 Å². The maximum absolute atomic E-state index is 14.3. The van der Waals surface area contributed by atoms with Crippen LogP contribution in [0.3, 0.4) is 0 Å². The van der Waals surface area contributed by atoms with Gasteiger partial charge in [-0.25, -0.2) is 9.78 Å². The highest BCUT2D eigenvalue weighted by Crippen LogP contribution is 2.30. The highest BCUT2D eigenvalue weighted by atomic mass is 16.5. The number of hydrogen-bond donors (Lipinski definition) is 2. The van der Waals surface area contributed by atoms with E-state index in [0.29, 0.717) is 24.7 Å². The number of carbonyl (C=O) groups excluding carboxylic acids is 1. The fraction of sp³-hybridized carbons (Fsp3) is 0.324. The highest BCUT2D eigenvalue weighted by molar-refractivity contribution is 5.99. The third-order valence-corrected chi connectivity index (χ3v) is 8.32. The maximum atomic E-state index is 14.3. The van der Waals surface area contributed by atoms with E-state index in [-0.39, 0.29) is 37.8 Å². The van der Waals surface area contributed by atoms with Crippen molar-refractivity contribution in [2.45, 2.75) is 19.1 Å². The first-order chi connectivity index (χ1) is 21.9. The van der Waals surface area contributed by atoms with E-state index >= 15 is 0 Å². The maximum Gasteiger partial charge on any atom is 0.407 e. The summed E-state index contributed by atoms with van der Waals surface area (Å²) in [6, 6.07) is 24.4. The van der Waals surface area contributed by atoms with Crippen LogP contribution < -0.4 is 9.64 Å². The number of benzene rings is 3. The molecule has 2 amide bonds. The molecule has 3 aromatic carbocycles. The van der Waals surface area contributed by atoms with E-state index in [1.54, 1.807) is 42.4 Å². The minimum atomic E-state index is -1.04. The Balaban J connectivity index is 1.32. The van der Waals surface area contributed by atoms with Crippen molar-refractivity contribution in [3.05, 3.63) is 96.4 Å². The number of hydrogen-bond acceptors (Lipinski definition) is 7. The van der Waals surface area contributed by atoms with Gasteiger partial charge in [-0.2, -0.15) is 0 Å². The Morgan fingerprint density at radius 2 is 1.69 bits per heavy atom. The van der Waals surface area contributed by atoms with Crippen LogP contribution in [0.5, 0.6) is 5.75 Å². The second-order valence-electron chi connectivity index (χ2n) is 11.2. The molecule has 1 aromatic heterocycles. The molecule has 11 nitrogen and oxygen atoms in total. The van der Waals surface area contributed by atoms with Gasteiger partial charge in [0.15, 0.2) is 5.69 Å². The van der Waals surface area contributed by atoms with E-state index in [9.17, 15) is 19.8 Å². The summed E-state index contributed by atoms with van der Waals surface area (Å²) in [6.45, 7) is 5.23. The number of nitrogens with zero attached hydrogens (tertiary/aromatic N) is 5. The summed E-state index contributed by atoms with van der Waals surface area (Å²) in [5, 5.41) is 19.6. The van der Waals surface area contributed by atoms with Gasteiger partial charge in [0.1, 0.15) is 18.7 Å². The first kappa shape index (κ1) is 30.2. The van der Waals surface area contributed by atoms with E-state index in [2.05, 4.69) is 22.0 Å². The average molecular weight is 612 g/mol. The number of aliphatic hydroxyl groups excluding tert-OH is 1. The number of amides is 2. The first-order valence-corrected chi connectivity index (χ1v) is 15.1. The number of morpholine rings is 1. The molecule has 2 aliphatic rings. The summed E-state index contributed by atoms with van der Waals surface area (Å²) in [5.74, 6) is 0.272. The lowest BCUT2D eigenvalue weighted by atomic mass is 10.1. The number of carbonyl (C=O) groups is 2. The number of piperazine rings is 1. The van der Waals surface area contributed by atoms with Crippen molar-refractivity contribution in [2.24, 2.45) is 0 Å². The molecule has 2 fully saturated rings. The van der Waals surface area contributed by atoms with Crippen molar-refractivity contribution >= 4 is 17.7 Å². The topological polar surface area (TPSA) is 121 Å². The largest absolute Gasteiger partial charge is 0.491 e. The van der Waals surface area contributed by atoms with Crippen molar-refractivity contribution in [2.75, 3.05) is 57.4 Å². The smallest absolute Gasteiger partial charge is 0.407 e. The fourth-order valence-corrected chi connectivity index (χ4v) is 5.84. The SMILES string of the molecule is CC(O)c1ccc(OC[C@@H]2CN(C(=O)O)CCN2C(=O)c2ncn(-c3cccc(N4CCOCC4)c3)c2-c2ccccc2)cc1. The second-order valence-corrected chi connectivity index (χ2v) is 11.2. The molecule has 4 aromatic rings. The van der Waals surface area contributed by atoms with E-state index in [4.69, 9.17) is 9.47 Å². The zero-order chi connectivity index (χ0) is 31.3. The Morgan fingerprint density at radius 1 is 0.956 bits per heavy atom. The summed E-state index contributed by atoms with van der Waals surface area (Å²) >= 11 is 0. The standard InChI is InChI=1S/C34H37N5O6/c1-24(40)25-10-12-30(13-11-25)45-22-29-21-37(34(42)43)14-15-38(29)33(41)31-32(26-6-3-2-4-7-26)39(23-35-31)28-9-5-8-27(20-28)36-16-18-44-19-17-36/h2-13,20,23-24,29,40H,14-19,21-22H2,1H3,(H,42,43)/t24?,29-/m0/s1. The molecule has 0 radical (unpaired) electrons. The first-order valence-electron chi connectivity index (χ1n) is 15.1. The Bertz CT molecular complexity index is 1620. The molecule has 11 heteroatoms. The predicted molar refractivity (Wildman–Crippen MR) is 169 cm³/mol. The van der Waals surface area contributed by atoms with Crippen molar-refractivity contribution in [1.29, 1.82) is 0 Å². The molecule has 2 atom stereocenters. The van der Waals surface area contributed by atoms with E-state index in [1.165, 1.54) is 4.90 Å². The predicted octanol–water partition coefficient (Wildman–Crippen LogP) is 4.31. The minimum Gasteiger partial charge on any atom is -0.491 e. The molecule has 2 N–H and O–H groups in total. The van der Waals surface area contributed by atoms with Gasteiger partial charge in [-0.15, -0.1) is 0 Å². The number of aromatic nitrogens is 2. The summed E-state index contributed by atoms with van der Waals surface area (Å²) in [6.07, 6.45) is 0.0364. The van der Waals surface area contributed by atoms with Gasteiger partial charge < -0.3 is 34.4 Å². The summed E-state index contributed by atoms with van der Waals surface area (Å²) < 4.78 is 13.5. The quantitative estimate of drug-likeness (QED) is 0.303. The molecule has 45 heavy (non-hydrogen) atoms. The summed E-state index contributed by atoms with van der Waals surface area (Å²) in [7, 11) is 0. The third kappa shape index (κ3) is 6.64. The van der Waals surface area contributed by atoms with Gasteiger partial charge in [0, 0.05) is 49.7 Å². The number of rotatable bonds is 8. The second kappa shape index (κ2) is 13.4. The van der Waals surface area contributed by atoms with E-state index < -0.39 is 18.2 Å². The number of carboxylic acid groups (broad SMARTS) is 1. The zero-order valence-corrected chi connectivity index (χ0v) is 25.2. The van der Waals surface area contributed by atoms with Gasteiger partial charge in [0.05, 0.1) is 31.1 Å². The molecule has 2 saturated heterocycles. The molecule has 234 valence electrons. The van der Waals surface area contributed by atoms with Crippen LogP contribution in [0.25, 0.3) is 16.9 Å². The van der Waals surface area contributed by atoms with Crippen LogP contribution in [0.15, 0.2) is 85.2 Å². The molecule has 0 saturated carbocycles. The molecule has 2 aliphatic heterocycles. The van der Waals surface area contributed by atoms with Crippen molar-refractivity contribution in [3.63, 3.8) is 0 Å². The number of aliphatic hydroxyl groups is 1. The van der Waals surface area contributed by atoms with Crippen LogP contribution in [-0.2, 0) is 4.74 Å². The van der Waals surface area contributed by atoms with Crippen LogP contribution in [0.1, 0.15) is 29.1 Å². The van der Waals surface area contributed by atoms with E-state index in [1.807, 2.05) is 47.0 Å². The van der Waals surface area contributed by atoms with Gasteiger partial charge in [0.25, 0.3) is 5.91 Å². The normalized spacial score (nSPS) is 17.6. The van der Waals surface area contributed by atoms with Gasteiger partial charge in [-0.3, -0.25) is 9.36 Å². The van der Waals surface area contributed by atoms with Crippen molar-refractivity contribution < 1.29 is 29.3 Å². The lowest BCUT2D eigenvalue weighted by molar-refractivity contribution is 0.0337. The van der Waals surface area contributed by atoms with Crippen LogP contribution in [0.2, 0.25) is 0 Å². The highest BCUT2D eigenvalue weighted by Gasteiger charge is 2.36. The van der Waals surface area contributed by atoms with Gasteiger partial charge in [0.2, 0.25) is 0 Å². The Hall–Kier alpha value is -4.87. The minimum absolute atomic E-state index is 0.0898. The average Bonchev–Trinajstić information content (AvgIpc) is 3.53. The van der Waals surface area contributed by atoms with Gasteiger partial charge in [-0.1, -0.05) is 48.5 Å². The number of anilines is 1. The Kier molecular flexibility index (Phi) is 8.99. The van der Waals surface area contributed by atoms with Crippen LogP contribution >= 0.6 is 0 Å². The molecule has 0 spiro atoms. The van der Waals surface area contributed by atoms with Crippen molar-refractivity contribution in [3.8, 4) is 22.7 Å². The van der Waals surface area contributed by atoms with Gasteiger partial charge >= 0.3 is 6.09 Å². The summed E-state index contributed by atoms with van der Waals surface area (Å²) in [5.41, 5.74) is 4.49. The Labute approximate surface area is 261 Å². The van der Waals surface area contributed by atoms with Crippen molar-refractivity contribution in [1.82, 2.24) is 19.4 Å².